The van der Waals surface area contributed by atoms with Crippen LogP contribution < -0.4 is 5.32 Å². The quantitative estimate of drug-likeness (QED) is 0.786. The Balaban J connectivity index is 2.65. The van der Waals surface area contributed by atoms with E-state index in [1.165, 1.54) is 6.92 Å². The van der Waals surface area contributed by atoms with Gasteiger partial charge in [0.25, 0.3) is 0 Å². The average molecular weight is 242 g/mol. The summed E-state index contributed by atoms with van der Waals surface area (Å²) in [6.07, 6.45) is 0. The highest BCUT2D eigenvalue weighted by Crippen LogP contribution is 2.19. The van der Waals surface area contributed by atoms with Crippen molar-refractivity contribution in [3.05, 3.63) is 35.9 Å². The van der Waals surface area contributed by atoms with Gasteiger partial charge < -0.3 is 10.4 Å². The van der Waals surface area contributed by atoms with Crippen molar-refractivity contribution in [2.45, 2.75) is 18.3 Å². The Hall–Kier alpha value is -1.55. The van der Waals surface area contributed by atoms with Crippen LogP contribution in [0, 0.1) is 0 Å². The molecule has 0 aliphatic heterocycles. The van der Waals surface area contributed by atoms with Crippen molar-refractivity contribution in [2.75, 3.05) is 0 Å². The van der Waals surface area contributed by atoms with Gasteiger partial charge in [0.1, 0.15) is 11.4 Å². The molecule has 4 nitrogen and oxygen atoms in total. The van der Waals surface area contributed by atoms with Crippen molar-refractivity contribution in [1.82, 2.24) is 5.32 Å². The van der Waals surface area contributed by atoms with Crippen LogP contribution >= 0.6 is 11.6 Å². The SMILES string of the molecule is CC(NC(=O)C(Cl)c1ccccc1)C(=O)O. The molecule has 0 saturated heterocycles. The number of carbonyl (C=O) groups excluding carboxylic acids is 1. The van der Waals surface area contributed by atoms with Gasteiger partial charge in [-0.1, -0.05) is 30.3 Å². The molecule has 0 saturated carbocycles. The second kappa shape index (κ2) is 5.51. The minimum atomic E-state index is -1.09. The first-order valence-corrected chi connectivity index (χ1v) is 5.18. The van der Waals surface area contributed by atoms with Crippen molar-refractivity contribution in [1.29, 1.82) is 0 Å². The molecule has 0 bridgehead atoms. The van der Waals surface area contributed by atoms with Crippen molar-refractivity contribution < 1.29 is 14.7 Å². The zero-order chi connectivity index (χ0) is 12.1. The van der Waals surface area contributed by atoms with Gasteiger partial charge in [-0.25, -0.2) is 0 Å². The number of halogens is 1. The van der Waals surface area contributed by atoms with Gasteiger partial charge in [0.2, 0.25) is 5.91 Å². The molecule has 0 heterocycles. The van der Waals surface area contributed by atoms with Crippen LogP contribution in [0.25, 0.3) is 0 Å². The smallest absolute Gasteiger partial charge is 0.325 e. The molecule has 2 unspecified atom stereocenters. The molecule has 2 N–H and O–H groups in total. The summed E-state index contributed by atoms with van der Waals surface area (Å²) in [7, 11) is 0. The van der Waals surface area contributed by atoms with E-state index in [1.54, 1.807) is 24.3 Å². The number of carboxylic acids is 1. The van der Waals surface area contributed by atoms with Crippen LogP contribution in [0.4, 0.5) is 0 Å². The minimum absolute atomic E-state index is 0.511. The van der Waals surface area contributed by atoms with Gasteiger partial charge >= 0.3 is 5.97 Å². The number of nitrogens with one attached hydrogen (secondary N) is 1. The maximum Gasteiger partial charge on any atom is 0.325 e. The maximum absolute atomic E-state index is 11.6. The molecule has 2 atom stereocenters. The van der Waals surface area contributed by atoms with E-state index in [1.807, 2.05) is 6.07 Å². The number of aliphatic carboxylic acids is 1. The third-order valence-corrected chi connectivity index (χ3v) is 2.50. The van der Waals surface area contributed by atoms with Crippen molar-refractivity contribution in [3.8, 4) is 0 Å². The molecule has 86 valence electrons. The summed E-state index contributed by atoms with van der Waals surface area (Å²) in [5.74, 6) is -1.60. The summed E-state index contributed by atoms with van der Waals surface area (Å²) in [5.41, 5.74) is 0.638. The van der Waals surface area contributed by atoms with Gasteiger partial charge in [0.15, 0.2) is 0 Å². The van der Waals surface area contributed by atoms with Crippen LogP contribution in [-0.2, 0) is 9.59 Å². The Kier molecular flexibility index (Phi) is 4.31. The fourth-order valence-corrected chi connectivity index (χ4v) is 1.33. The maximum atomic E-state index is 11.6. The second-order valence-corrected chi connectivity index (χ2v) is 3.78. The predicted molar refractivity (Wildman–Crippen MR) is 60.3 cm³/mol. The van der Waals surface area contributed by atoms with E-state index in [0.717, 1.165) is 0 Å². The van der Waals surface area contributed by atoms with Crippen LogP contribution in [0.2, 0.25) is 0 Å². The Labute approximate surface area is 98.2 Å². The molecule has 0 spiro atoms. The van der Waals surface area contributed by atoms with Crippen LogP contribution in [0.3, 0.4) is 0 Å². The number of hydrogen-bond acceptors (Lipinski definition) is 2. The van der Waals surface area contributed by atoms with E-state index in [0.29, 0.717) is 5.56 Å². The Morgan fingerprint density at radius 2 is 1.88 bits per heavy atom. The van der Waals surface area contributed by atoms with Crippen molar-refractivity contribution in [2.24, 2.45) is 0 Å². The first-order valence-electron chi connectivity index (χ1n) is 4.74. The van der Waals surface area contributed by atoms with Gasteiger partial charge in [-0.3, -0.25) is 9.59 Å². The van der Waals surface area contributed by atoms with Gasteiger partial charge in [0, 0.05) is 0 Å². The fourth-order valence-electron chi connectivity index (χ4n) is 1.12. The van der Waals surface area contributed by atoms with Crippen molar-refractivity contribution >= 4 is 23.5 Å². The third kappa shape index (κ3) is 3.24. The van der Waals surface area contributed by atoms with Crippen LogP contribution in [0.15, 0.2) is 30.3 Å². The molecule has 1 rings (SSSR count). The highest BCUT2D eigenvalue weighted by molar-refractivity contribution is 6.30. The lowest BCUT2D eigenvalue weighted by Gasteiger charge is -2.13. The summed E-state index contributed by atoms with van der Waals surface area (Å²) < 4.78 is 0. The van der Waals surface area contributed by atoms with Gasteiger partial charge in [0.05, 0.1) is 0 Å². The summed E-state index contributed by atoms with van der Waals surface area (Å²) in [6.45, 7) is 1.38. The summed E-state index contributed by atoms with van der Waals surface area (Å²) in [5, 5.41) is 10.1. The molecule has 5 heteroatoms. The van der Waals surface area contributed by atoms with E-state index in [9.17, 15) is 9.59 Å². The molecule has 0 aromatic heterocycles. The first kappa shape index (κ1) is 12.5. The minimum Gasteiger partial charge on any atom is -0.480 e. The molecule has 1 amide bonds. The number of amides is 1. The lowest BCUT2D eigenvalue weighted by atomic mass is 10.1. The normalized spacial score (nSPS) is 13.9. The number of carbonyl (C=O) groups is 2. The van der Waals surface area contributed by atoms with E-state index >= 15 is 0 Å². The molecule has 1 aromatic carbocycles. The third-order valence-electron chi connectivity index (χ3n) is 2.05. The van der Waals surface area contributed by atoms with Gasteiger partial charge in [-0.05, 0) is 12.5 Å². The predicted octanol–water partition coefficient (Wildman–Crippen LogP) is 1.56. The zero-order valence-corrected chi connectivity index (χ0v) is 9.44. The zero-order valence-electron chi connectivity index (χ0n) is 8.68. The highest BCUT2D eigenvalue weighted by atomic mass is 35.5. The molecule has 16 heavy (non-hydrogen) atoms. The number of carboxylic acid groups (broad SMARTS) is 1. The summed E-state index contributed by atoms with van der Waals surface area (Å²) in [4.78, 5) is 22.1. The molecule has 0 fully saturated rings. The lowest BCUT2D eigenvalue weighted by molar-refractivity contribution is -0.141. The second-order valence-electron chi connectivity index (χ2n) is 3.34. The van der Waals surface area contributed by atoms with Crippen molar-refractivity contribution in [3.63, 3.8) is 0 Å². The molecule has 1 aromatic rings. The molecular weight excluding hydrogens is 230 g/mol. The molecular formula is C11H12ClNO3. The number of benzene rings is 1. The van der Waals surface area contributed by atoms with Gasteiger partial charge in [-0.15, -0.1) is 11.6 Å². The van der Waals surface area contributed by atoms with E-state index in [2.05, 4.69) is 5.32 Å². The van der Waals surface area contributed by atoms with Gasteiger partial charge in [-0.2, -0.15) is 0 Å². The molecule has 0 aliphatic carbocycles. The van der Waals surface area contributed by atoms with Crippen LogP contribution in [0.5, 0.6) is 0 Å². The molecule has 0 aliphatic rings. The van der Waals surface area contributed by atoms with Crippen LogP contribution in [0.1, 0.15) is 17.9 Å². The van der Waals surface area contributed by atoms with Crippen LogP contribution in [-0.4, -0.2) is 23.0 Å². The highest BCUT2D eigenvalue weighted by Gasteiger charge is 2.21. The number of rotatable bonds is 4. The lowest BCUT2D eigenvalue weighted by Crippen LogP contribution is -2.39. The summed E-state index contributed by atoms with van der Waals surface area (Å²) in [6, 6.07) is 7.81. The summed E-state index contributed by atoms with van der Waals surface area (Å²) >= 11 is 5.90. The molecule has 0 radical (unpaired) electrons. The fraction of sp³-hybridized carbons (Fsp3) is 0.273. The number of hydrogen-bond donors (Lipinski definition) is 2. The average Bonchev–Trinajstić information content (AvgIpc) is 2.28. The van der Waals surface area contributed by atoms with E-state index in [4.69, 9.17) is 16.7 Å². The van der Waals surface area contributed by atoms with E-state index < -0.39 is 23.3 Å². The Morgan fingerprint density at radius 1 is 1.31 bits per heavy atom. The Bertz CT molecular complexity index is 380. The first-order chi connectivity index (χ1) is 7.52. The standard InChI is InChI=1S/C11H12ClNO3/c1-7(11(15)16)13-10(14)9(12)8-5-3-2-4-6-8/h2-7,9H,1H3,(H,13,14)(H,15,16). The monoisotopic (exact) mass is 241 g/mol. The number of alkyl halides is 1. The Morgan fingerprint density at radius 3 is 2.38 bits per heavy atom. The topological polar surface area (TPSA) is 66.4 Å². The van der Waals surface area contributed by atoms with E-state index in [-0.39, 0.29) is 0 Å². The largest absolute Gasteiger partial charge is 0.480 e.